The van der Waals surface area contributed by atoms with Gasteiger partial charge < -0.3 is 65.4 Å². The number of carboxylic acid groups (broad SMARTS) is 5. The van der Waals surface area contributed by atoms with Crippen LogP contribution in [0.3, 0.4) is 0 Å². The summed E-state index contributed by atoms with van der Waals surface area (Å²) in [5.41, 5.74) is 31.6. The van der Waals surface area contributed by atoms with Crippen molar-refractivity contribution in [3.8, 4) is 0 Å². The number of guanidine groups is 1. The maximum atomic E-state index is 10.4. The first-order valence-electron chi connectivity index (χ1n) is 12.5. The summed E-state index contributed by atoms with van der Waals surface area (Å²) in [5.74, 6) is -3.84. The van der Waals surface area contributed by atoms with Gasteiger partial charge in [-0.1, -0.05) is 30.3 Å². The van der Waals surface area contributed by atoms with Gasteiger partial charge in [0.25, 0.3) is 5.97 Å². The predicted octanol–water partition coefficient (Wildman–Crippen LogP) is -2.07. The second-order valence-corrected chi connectivity index (χ2v) is 9.39. The Morgan fingerprint density at radius 2 is 1.16 bits per heavy atom. The quantitative estimate of drug-likeness (QED) is 0.0617. The van der Waals surface area contributed by atoms with Crippen LogP contribution in [-0.2, 0) is 30.4 Å². The van der Waals surface area contributed by atoms with E-state index < -0.39 is 54.0 Å². The molecule has 18 nitrogen and oxygen atoms in total. The zero-order chi connectivity index (χ0) is 34.5. The molecule has 19 heteroatoms. The lowest BCUT2D eigenvalue weighted by molar-refractivity contribution is -0.139. The molecule has 0 aromatic heterocycles. The van der Waals surface area contributed by atoms with Crippen molar-refractivity contribution in [2.45, 2.75) is 63.7 Å². The average molecular weight is 656 g/mol. The van der Waals surface area contributed by atoms with Crippen molar-refractivity contribution < 1.29 is 55.0 Å². The molecule has 19 N–H and O–H groups in total. The average Bonchev–Trinajstić information content (AvgIpc) is 2.90. The maximum Gasteiger partial charge on any atom is 0.320 e. The number of carbonyl (C=O) groups is 5. The molecule has 0 heterocycles. The molecule has 0 radical (unpaired) electrons. The van der Waals surface area contributed by atoms with Crippen LogP contribution in [-0.4, -0.2) is 110 Å². The minimum absolute atomic E-state index is 0. The van der Waals surface area contributed by atoms with E-state index in [9.17, 15) is 19.2 Å². The number of aliphatic imine (C=N–C) groups is 1. The standard InChI is InChI=1S/C9H11NO2.C6H14N4O2.C5H11NO2S.C3H7NO2.C2H4O2.H2O/c10-8(9(11)12)6-7-4-2-1-3-5-7;7-4(5(11)12)2-1-3-10-6(8)9;1-9-3-2-4(6)5(7)8;1-2(4)3(5)6;1-2(3)4;/h1-5,8H,6,10H2,(H,11,12);4H,1-3,7H2,(H,11,12)(H4,8,9,10);4H,2-3,6H2,1H3,(H,7,8);2H,4H2,1H3,(H,5,6);1H3,(H,3,4);1H2/t8-;2*4-;2-;;/m0000../s1. The lowest BCUT2D eigenvalue weighted by Crippen LogP contribution is -2.32. The van der Waals surface area contributed by atoms with Gasteiger partial charge >= 0.3 is 23.9 Å². The molecule has 0 aliphatic rings. The summed E-state index contributed by atoms with van der Waals surface area (Å²) < 4.78 is 0. The van der Waals surface area contributed by atoms with Crippen LogP contribution in [0.25, 0.3) is 0 Å². The predicted molar refractivity (Wildman–Crippen MR) is 168 cm³/mol. The Morgan fingerprint density at radius 1 is 0.773 bits per heavy atom. The summed E-state index contributed by atoms with van der Waals surface area (Å²) in [4.78, 5) is 52.9. The van der Waals surface area contributed by atoms with E-state index in [1.807, 2.05) is 36.6 Å². The van der Waals surface area contributed by atoms with Gasteiger partial charge in [0, 0.05) is 13.5 Å². The fraction of sp³-hybridized carbons (Fsp3) is 0.520. The lowest BCUT2D eigenvalue weighted by Gasteiger charge is -2.04. The molecule has 1 aromatic carbocycles. The molecule has 0 bridgehead atoms. The molecule has 0 fully saturated rings. The van der Waals surface area contributed by atoms with Crippen molar-refractivity contribution in [3.63, 3.8) is 0 Å². The third-order valence-electron chi connectivity index (χ3n) is 4.24. The van der Waals surface area contributed by atoms with Gasteiger partial charge in [0.1, 0.15) is 24.2 Å². The Labute approximate surface area is 260 Å². The van der Waals surface area contributed by atoms with E-state index in [-0.39, 0.29) is 11.4 Å². The number of benzene rings is 1. The Morgan fingerprint density at radius 3 is 1.48 bits per heavy atom. The fourth-order valence-corrected chi connectivity index (χ4v) is 2.46. The molecule has 0 aliphatic heterocycles. The Bertz CT molecular complexity index is 948. The number of nitrogens with zero attached hydrogens (tertiary/aromatic N) is 1. The highest BCUT2D eigenvalue weighted by Crippen LogP contribution is 2.01. The van der Waals surface area contributed by atoms with E-state index in [2.05, 4.69) is 4.99 Å². The largest absolute Gasteiger partial charge is 0.481 e. The zero-order valence-corrected chi connectivity index (χ0v) is 25.9. The topological polar surface area (TPSA) is 386 Å². The normalized spacial score (nSPS) is 11.8. The molecule has 0 saturated carbocycles. The van der Waals surface area contributed by atoms with Crippen molar-refractivity contribution >= 4 is 47.6 Å². The van der Waals surface area contributed by atoms with Crippen molar-refractivity contribution in [2.75, 3.05) is 18.6 Å². The van der Waals surface area contributed by atoms with Gasteiger partial charge in [-0.2, -0.15) is 11.8 Å². The first-order valence-corrected chi connectivity index (χ1v) is 13.9. The van der Waals surface area contributed by atoms with Crippen molar-refractivity contribution in [1.82, 2.24) is 0 Å². The van der Waals surface area contributed by atoms with Gasteiger partial charge in [0.15, 0.2) is 5.96 Å². The van der Waals surface area contributed by atoms with Crippen molar-refractivity contribution in [2.24, 2.45) is 39.4 Å². The summed E-state index contributed by atoms with van der Waals surface area (Å²) >= 11 is 1.60. The van der Waals surface area contributed by atoms with Gasteiger partial charge in [-0.15, -0.1) is 0 Å². The highest BCUT2D eigenvalue weighted by molar-refractivity contribution is 7.98. The number of thioether (sulfide) groups is 1. The van der Waals surface area contributed by atoms with E-state index in [1.165, 1.54) is 6.92 Å². The molecule has 0 amide bonds. The van der Waals surface area contributed by atoms with Gasteiger partial charge in [-0.3, -0.25) is 29.0 Å². The summed E-state index contributed by atoms with van der Waals surface area (Å²) in [6.45, 7) is 2.92. The van der Waals surface area contributed by atoms with Gasteiger partial charge in [0.2, 0.25) is 0 Å². The molecule has 0 saturated heterocycles. The van der Waals surface area contributed by atoms with Crippen LogP contribution in [0.5, 0.6) is 0 Å². The molecular weight excluding hydrogens is 606 g/mol. The number of hydrogen-bond donors (Lipinski definition) is 11. The summed E-state index contributed by atoms with van der Waals surface area (Å²) in [6, 6.07) is 6.31. The monoisotopic (exact) mass is 655 g/mol. The van der Waals surface area contributed by atoms with Crippen molar-refractivity contribution in [3.05, 3.63) is 35.9 Å². The molecular formula is C25H49N7O11S. The van der Waals surface area contributed by atoms with Crippen LogP contribution in [0.1, 0.15) is 38.7 Å². The molecule has 0 spiro atoms. The van der Waals surface area contributed by atoms with Crippen molar-refractivity contribution in [1.29, 1.82) is 0 Å². The first-order chi connectivity index (χ1) is 19.8. The fourth-order valence-electron chi connectivity index (χ4n) is 1.97. The summed E-state index contributed by atoms with van der Waals surface area (Å²) in [6.07, 6.45) is 3.82. The number of carboxylic acids is 5. The maximum absolute atomic E-state index is 10.4. The summed E-state index contributed by atoms with van der Waals surface area (Å²) in [5, 5.41) is 40.5. The minimum Gasteiger partial charge on any atom is -0.481 e. The third kappa shape index (κ3) is 42.5. The smallest absolute Gasteiger partial charge is 0.320 e. The number of nitrogens with two attached hydrogens (primary N) is 6. The first kappa shape index (κ1) is 49.7. The molecule has 256 valence electrons. The Balaban J connectivity index is -0.000000150. The Hall–Kier alpha value is -4.01. The number of rotatable bonds is 13. The van der Waals surface area contributed by atoms with Crippen LogP contribution in [0.15, 0.2) is 35.3 Å². The lowest BCUT2D eigenvalue weighted by atomic mass is 10.1. The van der Waals surface area contributed by atoms with Crippen LogP contribution in [0, 0.1) is 0 Å². The van der Waals surface area contributed by atoms with Crippen LogP contribution in [0.4, 0.5) is 0 Å². The summed E-state index contributed by atoms with van der Waals surface area (Å²) in [7, 11) is 0. The van der Waals surface area contributed by atoms with E-state index >= 15 is 0 Å². The van der Waals surface area contributed by atoms with E-state index in [1.54, 1.807) is 11.8 Å². The minimum atomic E-state index is -1.00. The SMILES string of the molecule is CC(=O)O.CSCC[C@H](N)C(=O)O.C[C@H](N)C(=O)O.NC(N)=NCCC[C@H](N)C(=O)O.N[C@@H](Cc1ccccc1)C(=O)O.O. The number of aliphatic carboxylic acids is 5. The van der Waals surface area contributed by atoms with E-state index in [4.69, 9.17) is 64.7 Å². The molecule has 4 atom stereocenters. The van der Waals surface area contributed by atoms with Crippen LogP contribution < -0.4 is 34.4 Å². The third-order valence-corrected chi connectivity index (χ3v) is 4.88. The Kier molecular flexibility index (Phi) is 36.0. The van der Waals surface area contributed by atoms with E-state index in [0.717, 1.165) is 18.2 Å². The molecule has 0 unspecified atom stereocenters. The highest BCUT2D eigenvalue weighted by Gasteiger charge is 2.11. The zero-order valence-electron chi connectivity index (χ0n) is 25.0. The molecule has 1 rings (SSSR count). The number of hydrogen-bond acceptors (Lipinski definition) is 11. The van der Waals surface area contributed by atoms with Crippen LogP contribution in [0.2, 0.25) is 0 Å². The highest BCUT2D eigenvalue weighted by atomic mass is 32.2. The molecule has 0 aliphatic carbocycles. The molecule has 1 aromatic rings. The van der Waals surface area contributed by atoms with E-state index in [0.29, 0.717) is 32.2 Å². The van der Waals surface area contributed by atoms with Gasteiger partial charge in [-0.05, 0) is 50.2 Å². The van der Waals surface area contributed by atoms with Gasteiger partial charge in [-0.25, -0.2) is 0 Å². The molecule has 44 heavy (non-hydrogen) atoms. The second-order valence-electron chi connectivity index (χ2n) is 8.40. The second kappa shape index (κ2) is 31.9. The van der Waals surface area contributed by atoms with Gasteiger partial charge in [0.05, 0.1) is 0 Å². The van der Waals surface area contributed by atoms with Crippen LogP contribution >= 0.6 is 11.8 Å².